The van der Waals surface area contributed by atoms with Crippen molar-refractivity contribution in [1.29, 1.82) is 0 Å². The van der Waals surface area contributed by atoms with Crippen molar-refractivity contribution in [3.8, 4) is 0 Å². The molecule has 4 heteroatoms. The van der Waals surface area contributed by atoms with Gasteiger partial charge in [0.05, 0.1) is 10.1 Å². The van der Waals surface area contributed by atoms with Crippen molar-refractivity contribution in [2.24, 2.45) is 5.73 Å². The predicted octanol–water partition coefficient (Wildman–Crippen LogP) is 1.81. The van der Waals surface area contributed by atoms with Crippen LogP contribution in [0.3, 0.4) is 0 Å². The molecule has 1 aromatic carbocycles. The van der Waals surface area contributed by atoms with Crippen LogP contribution in [0.5, 0.6) is 0 Å². The van der Waals surface area contributed by atoms with E-state index in [1.165, 1.54) is 0 Å². The third kappa shape index (κ3) is 2.62. The van der Waals surface area contributed by atoms with Crippen LogP contribution in [0.4, 0.5) is 0 Å². The SMILES string of the molecule is Cc1ccc(C)c(S(=O)(=O)C(C)CCN)c1. The fraction of sp³-hybridized carbons (Fsp3) is 0.500. The predicted molar refractivity (Wildman–Crippen MR) is 66.2 cm³/mol. The highest BCUT2D eigenvalue weighted by atomic mass is 32.2. The number of hydrogen-bond donors (Lipinski definition) is 1. The summed E-state index contributed by atoms with van der Waals surface area (Å²) >= 11 is 0. The lowest BCUT2D eigenvalue weighted by molar-refractivity contribution is 0.577. The molecule has 90 valence electrons. The summed E-state index contributed by atoms with van der Waals surface area (Å²) in [5, 5.41) is -0.419. The molecule has 0 heterocycles. The van der Waals surface area contributed by atoms with Crippen LogP contribution in [-0.2, 0) is 9.84 Å². The van der Waals surface area contributed by atoms with E-state index in [0.717, 1.165) is 11.1 Å². The van der Waals surface area contributed by atoms with Gasteiger partial charge in [0.15, 0.2) is 9.84 Å². The lowest BCUT2D eigenvalue weighted by Crippen LogP contribution is -2.22. The molecule has 0 aromatic heterocycles. The number of sulfone groups is 1. The van der Waals surface area contributed by atoms with E-state index in [4.69, 9.17) is 5.73 Å². The van der Waals surface area contributed by atoms with Gasteiger partial charge in [-0.25, -0.2) is 8.42 Å². The fourth-order valence-electron chi connectivity index (χ4n) is 1.62. The summed E-state index contributed by atoms with van der Waals surface area (Å²) in [6, 6.07) is 5.50. The number of nitrogens with two attached hydrogens (primary N) is 1. The normalized spacial score (nSPS) is 13.8. The Morgan fingerprint density at radius 2 is 1.94 bits per heavy atom. The second-order valence-electron chi connectivity index (χ2n) is 4.20. The van der Waals surface area contributed by atoms with Gasteiger partial charge in [0, 0.05) is 0 Å². The summed E-state index contributed by atoms with van der Waals surface area (Å²) in [7, 11) is -3.23. The molecule has 3 nitrogen and oxygen atoms in total. The molecule has 0 fully saturated rings. The van der Waals surface area contributed by atoms with Crippen molar-refractivity contribution in [2.45, 2.75) is 37.3 Å². The number of benzene rings is 1. The van der Waals surface area contributed by atoms with Crippen molar-refractivity contribution in [3.63, 3.8) is 0 Å². The lowest BCUT2D eigenvalue weighted by atomic mass is 10.2. The molecule has 0 spiro atoms. The maximum Gasteiger partial charge on any atom is 0.181 e. The molecule has 0 saturated carbocycles. The van der Waals surface area contributed by atoms with Crippen LogP contribution in [0, 0.1) is 13.8 Å². The molecule has 1 aromatic rings. The Morgan fingerprint density at radius 1 is 1.31 bits per heavy atom. The van der Waals surface area contributed by atoms with Gasteiger partial charge in [0.25, 0.3) is 0 Å². The van der Waals surface area contributed by atoms with Crippen molar-refractivity contribution in [3.05, 3.63) is 29.3 Å². The first kappa shape index (κ1) is 13.2. The van der Waals surface area contributed by atoms with Crippen molar-refractivity contribution in [1.82, 2.24) is 0 Å². The van der Waals surface area contributed by atoms with Gasteiger partial charge in [0.1, 0.15) is 0 Å². The summed E-state index contributed by atoms with van der Waals surface area (Å²) in [6.45, 7) is 5.82. The highest BCUT2D eigenvalue weighted by Crippen LogP contribution is 2.22. The van der Waals surface area contributed by atoms with E-state index in [0.29, 0.717) is 17.9 Å². The largest absolute Gasteiger partial charge is 0.330 e. The highest BCUT2D eigenvalue weighted by molar-refractivity contribution is 7.92. The molecule has 0 amide bonds. The maximum atomic E-state index is 12.2. The van der Waals surface area contributed by atoms with Gasteiger partial charge in [-0.05, 0) is 50.9 Å². The molecule has 0 aliphatic rings. The van der Waals surface area contributed by atoms with Gasteiger partial charge in [-0.3, -0.25) is 0 Å². The minimum atomic E-state index is -3.23. The van der Waals surface area contributed by atoms with Crippen molar-refractivity contribution >= 4 is 9.84 Å². The topological polar surface area (TPSA) is 60.2 Å². The summed E-state index contributed by atoms with van der Waals surface area (Å²) < 4.78 is 24.5. The molecule has 0 aliphatic heterocycles. The number of hydrogen-bond acceptors (Lipinski definition) is 3. The smallest absolute Gasteiger partial charge is 0.181 e. The molecule has 0 bridgehead atoms. The van der Waals surface area contributed by atoms with Gasteiger partial charge >= 0.3 is 0 Å². The summed E-state index contributed by atoms with van der Waals surface area (Å²) in [5.41, 5.74) is 7.17. The van der Waals surface area contributed by atoms with E-state index in [2.05, 4.69) is 0 Å². The second kappa shape index (κ2) is 4.97. The second-order valence-corrected chi connectivity index (χ2v) is 6.54. The van der Waals surface area contributed by atoms with Crippen LogP contribution in [0.15, 0.2) is 23.1 Å². The average molecular weight is 241 g/mol. The number of rotatable bonds is 4. The average Bonchev–Trinajstić information content (AvgIpc) is 2.22. The minimum absolute atomic E-state index is 0.394. The lowest BCUT2D eigenvalue weighted by Gasteiger charge is -2.14. The summed E-state index contributed by atoms with van der Waals surface area (Å²) in [4.78, 5) is 0.438. The van der Waals surface area contributed by atoms with Gasteiger partial charge in [-0.2, -0.15) is 0 Å². The quantitative estimate of drug-likeness (QED) is 0.874. The third-order valence-electron chi connectivity index (χ3n) is 2.75. The van der Waals surface area contributed by atoms with Gasteiger partial charge in [0.2, 0.25) is 0 Å². The van der Waals surface area contributed by atoms with Gasteiger partial charge in [-0.1, -0.05) is 12.1 Å². The van der Waals surface area contributed by atoms with Crippen LogP contribution >= 0.6 is 0 Å². The Morgan fingerprint density at radius 3 is 2.50 bits per heavy atom. The zero-order valence-corrected chi connectivity index (χ0v) is 10.8. The third-order valence-corrected chi connectivity index (χ3v) is 5.10. The van der Waals surface area contributed by atoms with Crippen molar-refractivity contribution in [2.75, 3.05) is 6.54 Å². The first-order valence-electron chi connectivity index (χ1n) is 5.41. The minimum Gasteiger partial charge on any atom is -0.330 e. The molecule has 0 aliphatic carbocycles. The van der Waals surface area contributed by atoms with Crippen LogP contribution in [0.25, 0.3) is 0 Å². The standard InChI is InChI=1S/C12H19NO2S/c1-9-4-5-10(2)12(8-9)16(14,15)11(3)6-7-13/h4-5,8,11H,6-7,13H2,1-3H3. The van der Waals surface area contributed by atoms with Crippen LogP contribution in [-0.4, -0.2) is 20.2 Å². The van der Waals surface area contributed by atoms with E-state index < -0.39 is 15.1 Å². The van der Waals surface area contributed by atoms with E-state index in [-0.39, 0.29) is 0 Å². The first-order chi connectivity index (χ1) is 7.39. The van der Waals surface area contributed by atoms with Crippen LogP contribution in [0.1, 0.15) is 24.5 Å². The van der Waals surface area contributed by atoms with Crippen molar-refractivity contribution < 1.29 is 8.42 Å². The van der Waals surface area contributed by atoms with Crippen LogP contribution in [0.2, 0.25) is 0 Å². The fourth-order valence-corrected chi connectivity index (χ4v) is 3.37. The molecule has 1 unspecified atom stereocenters. The monoisotopic (exact) mass is 241 g/mol. The van der Waals surface area contributed by atoms with E-state index in [9.17, 15) is 8.42 Å². The zero-order chi connectivity index (χ0) is 12.3. The molecule has 16 heavy (non-hydrogen) atoms. The molecule has 0 radical (unpaired) electrons. The summed E-state index contributed by atoms with van der Waals surface area (Å²) in [5.74, 6) is 0. The molecular formula is C12H19NO2S. The van der Waals surface area contributed by atoms with E-state index in [1.54, 1.807) is 13.0 Å². The van der Waals surface area contributed by atoms with Gasteiger partial charge < -0.3 is 5.73 Å². The first-order valence-corrected chi connectivity index (χ1v) is 6.95. The Kier molecular flexibility index (Phi) is 4.10. The zero-order valence-electron chi connectivity index (χ0n) is 10.0. The summed E-state index contributed by atoms with van der Waals surface area (Å²) in [6.07, 6.45) is 0.496. The molecule has 0 saturated heterocycles. The molecule has 1 rings (SSSR count). The number of aryl methyl sites for hydroxylation is 2. The Bertz CT molecular complexity index is 466. The van der Waals surface area contributed by atoms with Crippen LogP contribution < -0.4 is 5.73 Å². The highest BCUT2D eigenvalue weighted by Gasteiger charge is 2.24. The van der Waals surface area contributed by atoms with E-state index in [1.807, 2.05) is 26.0 Å². The Balaban J connectivity index is 3.21. The molecular weight excluding hydrogens is 222 g/mol. The maximum absolute atomic E-state index is 12.2. The van der Waals surface area contributed by atoms with E-state index >= 15 is 0 Å². The van der Waals surface area contributed by atoms with Gasteiger partial charge in [-0.15, -0.1) is 0 Å². The Hall–Kier alpha value is -0.870. The molecule has 2 N–H and O–H groups in total. The molecule has 1 atom stereocenters. The Labute approximate surface area is 97.6 Å².